The Bertz CT molecular complexity index is 353. The van der Waals surface area contributed by atoms with Crippen LogP contribution in [0.1, 0.15) is 86.5 Å². The number of nitrogens with one attached hydrogen (secondary N) is 2. The van der Waals surface area contributed by atoms with Crippen molar-refractivity contribution in [1.29, 1.82) is 0 Å². The number of hydrogen-bond donors (Lipinski definition) is 2. The molecule has 0 aliphatic heterocycles. The Labute approximate surface area is 143 Å². The van der Waals surface area contributed by atoms with Gasteiger partial charge in [-0.2, -0.15) is 0 Å². The first-order valence-corrected chi connectivity index (χ1v) is 9.46. The molecule has 1 unspecified atom stereocenters. The average Bonchev–Trinajstić information content (AvgIpc) is 2.50. The molecule has 0 heterocycles. The van der Waals surface area contributed by atoms with Gasteiger partial charge in [-0.15, -0.1) is 0 Å². The predicted octanol–water partition coefficient (Wildman–Crippen LogP) is 4.63. The lowest BCUT2D eigenvalue weighted by molar-refractivity contribution is 0.0442. The van der Waals surface area contributed by atoms with Crippen LogP contribution in [0.4, 0.5) is 4.79 Å². The van der Waals surface area contributed by atoms with Crippen LogP contribution in [0.3, 0.4) is 0 Å². The minimum Gasteiger partial charge on any atom is -0.444 e. The van der Waals surface area contributed by atoms with Crippen LogP contribution >= 0.6 is 0 Å². The fourth-order valence-corrected chi connectivity index (χ4v) is 3.40. The van der Waals surface area contributed by atoms with Gasteiger partial charge in [0.15, 0.2) is 0 Å². The molecule has 1 aliphatic carbocycles. The molecule has 23 heavy (non-hydrogen) atoms. The SMILES string of the molecule is CCC(CC)(CNC(C)C1CCCCC1)NC(=O)OC(C)(C)C. The Kier molecular flexibility index (Phi) is 7.85. The lowest BCUT2D eigenvalue weighted by Crippen LogP contribution is -2.56. The summed E-state index contributed by atoms with van der Waals surface area (Å²) in [4.78, 5) is 12.2. The summed E-state index contributed by atoms with van der Waals surface area (Å²) in [6, 6.07) is 0.508. The molecule has 1 saturated carbocycles. The normalized spacial score (nSPS) is 18.5. The highest BCUT2D eigenvalue weighted by Gasteiger charge is 2.31. The highest BCUT2D eigenvalue weighted by Crippen LogP contribution is 2.27. The van der Waals surface area contributed by atoms with Crippen LogP contribution in [-0.4, -0.2) is 29.8 Å². The Morgan fingerprint density at radius 3 is 2.17 bits per heavy atom. The molecule has 0 radical (unpaired) electrons. The first kappa shape index (κ1) is 20.3. The highest BCUT2D eigenvalue weighted by molar-refractivity contribution is 5.68. The summed E-state index contributed by atoms with van der Waals surface area (Å²) in [5.74, 6) is 0.775. The van der Waals surface area contributed by atoms with E-state index in [1.54, 1.807) is 0 Å². The van der Waals surface area contributed by atoms with Crippen molar-refractivity contribution < 1.29 is 9.53 Å². The van der Waals surface area contributed by atoms with Gasteiger partial charge in [-0.1, -0.05) is 33.1 Å². The van der Waals surface area contributed by atoms with Gasteiger partial charge in [0, 0.05) is 12.6 Å². The minimum absolute atomic E-state index is 0.231. The molecular weight excluding hydrogens is 288 g/mol. The maximum Gasteiger partial charge on any atom is 0.408 e. The van der Waals surface area contributed by atoms with E-state index in [0.717, 1.165) is 25.3 Å². The highest BCUT2D eigenvalue weighted by atomic mass is 16.6. The fourth-order valence-electron chi connectivity index (χ4n) is 3.40. The first-order chi connectivity index (χ1) is 10.7. The van der Waals surface area contributed by atoms with E-state index in [1.165, 1.54) is 32.1 Å². The van der Waals surface area contributed by atoms with Gasteiger partial charge in [-0.25, -0.2) is 4.79 Å². The van der Waals surface area contributed by atoms with Crippen LogP contribution in [0.5, 0.6) is 0 Å². The van der Waals surface area contributed by atoms with Crippen molar-refractivity contribution in [3.8, 4) is 0 Å². The van der Waals surface area contributed by atoms with E-state index in [1.807, 2.05) is 20.8 Å². The zero-order valence-electron chi connectivity index (χ0n) is 16.1. The van der Waals surface area contributed by atoms with Gasteiger partial charge in [-0.05, 0) is 59.3 Å². The van der Waals surface area contributed by atoms with Crippen LogP contribution in [0.2, 0.25) is 0 Å². The topological polar surface area (TPSA) is 50.4 Å². The predicted molar refractivity (Wildman–Crippen MR) is 96.7 cm³/mol. The molecule has 1 fully saturated rings. The molecule has 2 N–H and O–H groups in total. The summed E-state index contributed by atoms with van der Waals surface area (Å²) in [6.45, 7) is 13.1. The zero-order chi connectivity index (χ0) is 17.5. The largest absolute Gasteiger partial charge is 0.444 e. The van der Waals surface area contributed by atoms with Gasteiger partial charge in [0.2, 0.25) is 0 Å². The Morgan fingerprint density at radius 2 is 1.70 bits per heavy atom. The zero-order valence-corrected chi connectivity index (χ0v) is 16.1. The van der Waals surface area contributed by atoms with E-state index in [-0.39, 0.29) is 11.6 Å². The molecule has 0 spiro atoms. The number of alkyl carbamates (subject to hydrolysis) is 1. The molecule has 0 aromatic heterocycles. The van der Waals surface area contributed by atoms with Crippen LogP contribution in [-0.2, 0) is 4.74 Å². The molecule has 1 amide bonds. The minimum atomic E-state index is -0.458. The smallest absolute Gasteiger partial charge is 0.408 e. The maximum absolute atomic E-state index is 12.2. The standard InChI is InChI=1S/C19H38N2O2/c1-7-19(8-2,21-17(22)23-18(4,5)6)14-20-15(3)16-12-10-9-11-13-16/h15-16,20H,7-14H2,1-6H3,(H,21,22). The molecule has 136 valence electrons. The van der Waals surface area contributed by atoms with Crippen molar-refractivity contribution >= 4 is 6.09 Å². The first-order valence-electron chi connectivity index (χ1n) is 9.46. The van der Waals surface area contributed by atoms with Crippen molar-refractivity contribution in [2.45, 2.75) is 104 Å². The maximum atomic E-state index is 12.2. The van der Waals surface area contributed by atoms with E-state index in [0.29, 0.717) is 6.04 Å². The van der Waals surface area contributed by atoms with Gasteiger partial charge in [-0.3, -0.25) is 0 Å². The summed E-state index contributed by atoms with van der Waals surface area (Å²) < 4.78 is 5.44. The number of ether oxygens (including phenoxy) is 1. The molecular formula is C19H38N2O2. The summed E-state index contributed by atoms with van der Waals surface area (Å²) in [5.41, 5.74) is -0.689. The van der Waals surface area contributed by atoms with E-state index >= 15 is 0 Å². The summed E-state index contributed by atoms with van der Waals surface area (Å²) >= 11 is 0. The number of rotatable bonds is 7. The monoisotopic (exact) mass is 326 g/mol. The van der Waals surface area contributed by atoms with Crippen LogP contribution in [0.25, 0.3) is 0 Å². The van der Waals surface area contributed by atoms with Crippen LogP contribution in [0, 0.1) is 5.92 Å². The quantitative estimate of drug-likeness (QED) is 0.717. The van der Waals surface area contributed by atoms with Gasteiger partial charge in [0.05, 0.1) is 5.54 Å². The molecule has 0 aromatic carbocycles. The second kappa shape index (κ2) is 8.91. The van der Waals surface area contributed by atoms with E-state index in [4.69, 9.17) is 4.74 Å². The third-order valence-electron chi connectivity index (χ3n) is 5.24. The summed E-state index contributed by atoms with van der Waals surface area (Å²) in [7, 11) is 0. The summed E-state index contributed by atoms with van der Waals surface area (Å²) in [5, 5.41) is 6.81. The van der Waals surface area contributed by atoms with Gasteiger partial charge in [0.25, 0.3) is 0 Å². The molecule has 0 bridgehead atoms. The van der Waals surface area contributed by atoms with Crippen molar-refractivity contribution in [2.24, 2.45) is 5.92 Å². The Balaban J connectivity index is 2.56. The number of hydrogen-bond acceptors (Lipinski definition) is 3. The number of carbonyl (C=O) groups excluding carboxylic acids is 1. The third-order valence-corrected chi connectivity index (χ3v) is 5.24. The molecule has 1 atom stereocenters. The molecule has 1 rings (SSSR count). The number of carbonyl (C=O) groups is 1. The summed E-state index contributed by atoms with van der Waals surface area (Å²) in [6.07, 6.45) is 8.25. The Hall–Kier alpha value is -0.770. The van der Waals surface area contributed by atoms with Crippen molar-refractivity contribution in [3.63, 3.8) is 0 Å². The average molecular weight is 327 g/mol. The molecule has 4 nitrogen and oxygen atoms in total. The second-order valence-corrected chi connectivity index (χ2v) is 8.18. The lowest BCUT2D eigenvalue weighted by Gasteiger charge is -2.37. The van der Waals surface area contributed by atoms with Crippen LogP contribution < -0.4 is 10.6 Å². The Morgan fingerprint density at radius 1 is 1.13 bits per heavy atom. The molecule has 4 heteroatoms. The van der Waals surface area contributed by atoms with E-state index in [9.17, 15) is 4.79 Å². The van der Waals surface area contributed by atoms with Gasteiger partial charge >= 0.3 is 6.09 Å². The van der Waals surface area contributed by atoms with Gasteiger partial charge in [0.1, 0.15) is 5.60 Å². The van der Waals surface area contributed by atoms with Crippen molar-refractivity contribution in [2.75, 3.05) is 6.54 Å². The number of amides is 1. The third kappa shape index (κ3) is 7.11. The fraction of sp³-hybridized carbons (Fsp3) is 0.947. The molecule has 1 aliphatic rings. The van der Waals surface area contributed by atoms with Crippen molar-refractivity contribution in [3.05, 3.63) is 0 Å². The van der Waals surface area contributed by atoms with E-state index < -0.39 is 5.60 Å². The van der Waals surface area contributed by atoms with Crippen LogP contribution in [0.15, 0.2) is 0 Å². The van der Waals surface area contributed by atoms with Gasteiger partial charge < -0.3 is 15.4 Å². The van der Waals surface area contributed by atoms with E-state index in [2.05, 4.69) is 31.4 Å². The molecule has 0 saturated heterocycles. The van der Waals surface area contributed by atoms with Crippen molar-refractivity contribution in [1.82, 2.24) is 10.6 Å². The molecule has 0 aromatic rings. The second-order valence-electron chi connectivity index (χ2n) is 8.18. The lowest BCUT2D eigenvalue weighted by atomic mass is 9.84.